The van der Waals surface area contributed by atoms with Crippen molar-refractivity contribution >= 4 is 105 Å². The molecule has 0 saturated carbocycles. The molecule has 5 heteroatoms. The highest BCUT2D eigenvalue weighted by atomic mass is 31.2. The van der Waals surface area contributed by atoms with Gasteiger partial charge in [0.1, 0.15) is 5.65 Å². The zero-order valence-corrected chi connectivity index (χ0v) is 31.6. The minimum absolute atomic E-state index is 0.773. The number of hydrogen-bond donors (Lipinski definition) is 0. The van der Waals surface area contributed by atoms with Gasteiger partial charge < -0.3 is 4.57 Å². The molecule has 0 spiro atoms. The molecule has 0 radical (unpaired) electrons. The van der Waals surface area contributed by atoms with Crippen LogP contribution in [0, 0.1) is 0 Å². The van der Waals surface area contributed by atoms with Crippen molar-refractivity contribution in [3.8, 4) is 11.1 Å². The maximum atomic E-state index is 15.9. The Hall–Kier alpha value is -7.13. The minimum Gasteiger partial charge on any atom is -0.309 e. The number of benzene rings is 9. The van der Waals surface area contributed by atoms with Gasteiger partial charge in [-0.15, -0.1) is 0 Å². The summed E-state index contributed by atoms with van der Waals surface area (Å²) in [5, 5.41) is 13.7. The molecule has 266 valence electrons. The van der Waals surface area contributed by atoms with Gasteiger partial charge in [0.25, 0.3) is 0 Å². The molecule has 12 aromatic rings. The van der Waals surface area contributed by atoms with Crippen LogP contribution in [0.15, 0.2) is 194 Å². The zero-order chi connectivity index (χ0) is 37.7. The van der Waals surface area contributed by atoms with Crippen molar-refractivity contribution in [1.82, 2.24) is 14.4 Å². The zero-order valence-electron chi connectivity index (χ0n) is 30.7. The normalized spacial score (nSPS) is 13.1. The SMILES string of the molecule is O=P(c1ccc2ccccc2c1)(c1ccc2cc(-c3ccc4c5ccc6ccccc6c5c5nc6ccccc6n5c4c3)ccc2c1)c1ccc2cccnc2c1. The van der Waals surface area contributed by atoms with E-state index < -0.39 is 7.14 Å². The molecular formula is C52H32N3OP. The number of imidazole rings is 1. The van der Waals surface area contributed by atoms with Gasteiger partial charge in [-0.1, -0.05) is 140 Å². The lowest BCUT2D eigenvalue weighted by atomic mass is 9.96. The molecule has 57 heavy (non-hydrogen) atoms. The van der Waals surface area contributed by atoms with Crippen LogP contribution in [0.4, 0.5) is 0 Å². The Kier molecular flexibility index (Phi) is 6.87. The van der Waals surface area contributed by atoms with E-state index in [0.717, 1.165) is 81.7 Å². The van der Waals surface area contributed by atoms with Gasteiger partial charge in [-0.2, -0.15) is 0 Å². The molecule has 1 unspecified atom stereocenters. The number of para-hydroxylation sites is 2. The molecule has 0 saturated heterocycles. The lowest BCUT2D eigenvalue weighted by Gasteiger charge is -2.21. The summed E-state index contributed by atoms with van der Waals surface area (Å²) >= 11 is 0. The van der Waals surface area contributed by atoms with E-state index in [1.807, 2.05) is 48.5 Å². The van der Waals surface area contributed by atoms with Crippen LogP contribution in [-0.4, -0.2) is 14.4 Å². The predicted octanol–water partition coefficient (Wildman–Crippen LogP) is 12.1. The average Bonchev–Trinajstić information content (AvgIpc) is 3.67. The topological polar surface area (TPSA) is 47.3 Å². The van der Waals surface area contributed by atoms with Gasteiger partial charge in [0.05, 0.1) is 22.1 Å². The van der Waals surface area contributed by atoms with Crippen LogP contribution < -0.4 is 15.9 Å². The maximum Gasteiger partial charge on any atom is 0.171 e. The standard InChI is InChI=1S/C52H32N3OP/c56-57(41-22-17-33-8-1-2-10-36(33)29-41,43-23-18-35-11-7-27-53-48(35)32-43)42-24-19-38-28-37(15-16-39(38)30-42)40-21-25-45-46-26-20-34-9-3-4-12-44(34)51(46)52-54-47-13-5-6-14-49(47)55(52)50(45)31-40/h1-32H. The lowest BCUT2D eigenvalue weighted by Crippen LogP contribution is -2.25. The highest BCUT2D eigenvalue weighted by Crippen LogP contribution is 2.45. The first-order valence-corrected chi connectivity index (χ1v) is 20.9. The van der Waals surface area contributed by atoms with Crippen LogP contribution in [-0.2, 0) is 4.57 Å². The Labute approximate surface area is 327 Å². The molecule has 3 heterocycles. The van der Waals surface area contributed by atoms with Crippen molar-refractivity contribution in [3.05, 3.63) is 194 Å². The van der Waals surface area contributed by atoms with Gasteiger partial charge in [-0.3, -0.25) is 9.38 Å². The average molecular weight is 746 g/mol. The molecule has 4 nitrogen and oxygen atoms in total. The number of pyridine rings is 2. The first-order chi connectivity index (χ1) is 28.1. The molecule has 0 aliphatic carbocycles. The molecule has 0 amide bonds. The van der Waals surface area contributed by atoms with Crippen molar-refractivity contribution in [2.45, 2.75) is 0 Å². The number of rotatable bonds is 4. The van der Waals surface area contributed by atoms with Crippen molar-refractivity contribution in [2.24, 2.45) is 0 Å². The monoisotopic (exact) mass is 745 g/mol. The number of aromatic nitrogens is 3. The molecular weight excluding hydrogens is 714 g/mol. The van der Waals surface area contributed by atoms with E-state index in [1.54, 1.807) is 6.20 Å². The van der Waals surface area contributed by atoms with Crippen LogP contribution in [0.1, 0.15) is 0 Å². The highest BCUT2D eigenvalue weighted by Gasteiger charge is 2.31. The van der Waals surface area contributed by atoms with E-state index in [-0.39, 0.29) is 0 Å². The Balaban J connectivity index is 1.03. The Morgan fingerprint density at radius 1 is 0.404 bits per heavy atom. The van der Waals surface area contributed by atoms with E-state index >= 15 is 4.57 Å². The second kappa shape index (κ2) is 12.2. The van der Waals surface area contributed by atoms with Gasteiger partial charge in [-0.25, -0.2) is 4.98 Å². The van der Waals surface area contributed by atoms with Crippen molar-refractivity contribution in [3.63, 3.8) is 0 Å². The van der Waals surface area contributed by atoms with Gasteiger partial charge >= 0.3 is 0 Å². The van der Waals surface area contributed by atoms with E-state index in [9.17, 15) is 0 Å². The summed E-state index contributed by atoms with van der Waals surface area (Å²) in [6.07, 6.45) is 1.79. The second-order valence-corrected chi connectivity index (χ2v) is 17.7. The fraction of sp³-hybridized carbons (Fsp3) is 0. The van der Waals surface area contributed by atoms with Crippen LogP contribution in [0.5, 0.6) is 0 Å². The van der Waals surface area contributed by atoms with Crippen LogP contribution in [0.25, 0.3) is 92.7 Å². The number of hydrogen-bond acceptors (Lipinski definition) is 3. The second-order valence-electron chi connectivity index (χ2n) is 15.0. The van der Waals surface area contributed by atoms with E-state index in [0.29, 0.717) is 0 Å². The molecule has 9 aromatic carbocycles. The minimum atomic E-state index is -3.31. The van der Waals surface area contributed by atoms with Gasteiger partial charge in [0.15, 0.2) is 7.14 Å². The Bertz CT molecular complexity index is 3610. The molecule has 0 aliphatic rings. The van der Waals surface area contributed by atoms with E-state index in [2.05, 4.69) is 149 Å². The van der Waals surface area contributed by atoms with Gasteiger partial charge in [0, 0.05) is 38.3 Å². The van der Waals surface area contributed by atoms with Gasteiger partial charge in [0.2, 0.25) is 0 Å². The molecule has 0 bridgehead atoms. The summed E-state index contributed by atoms with van der Waals surface area (Å²) in [5.41, 5.74) is 7.23. The predicted molar refractivity (Wildman–Crippen MR) is 240 cm³/mol. The molecule has 0 fully saturated rings. The van der Waals surface area contributed by atoms with Crippen molar-refractivity contribution in [2.75, 3.05) is 0 Å². The Morgan fingerprint density at radius 3 is 1.88 bits per heavy atom. The smallest absolute Gasteiger partial charge is 0.171 e. The summed E-state index contributed by atoms with van der Waals surface area (Å²) in [6.45, 7) is 0. The molecule has 1 atom stereocenters. The van der Waals surface area contributed by atoms with E-state index in [1.165, 1.54) is 26.9 Å². The number of nitrogens with zero attached hydrogens (tertiary/aromatic N) is 3. The largest absolute Gasteiger partial charge is 0.309 e. The third-order valence-corrected chi connectivity index (χ3v) is 14.8. The summed E-state index contributed by atoms with van der Waals surface area (Å²) in [4.78, 5) is 9.85. The van der Waals surface area contributed by atoms with E-state index in [4.69, 9.17) is 4.98 Å². The molecule has 3 aromatic heterocycles. The summed E-state index contributed by atoms with van der Waals surface area (Å²) in [7, 11) is -3.31. The van der Waals surface area contributed by atoms with Crippen LogP contribution in [0.3, 0.4) is 0 Å². The molecule has 0 N–H and O–H groups in total. The highest BCUT2D eigenvalue weighted by molar-refractivity contribution is 7.85. The first kappa shape index (κ1) is 32.1. The summed E-state index contributed by atoms with van der Waals surface area (Å²) < 4.78 is 18.2. The Morgan fingerprint density at radius 2 is 1.00 bits per heavy atom. The van der Waals surface area contributed by atoms with Gasteiger partial charge in [-0.05, 0) is 97.4 Å². The lowest BCUT2D eigenvalue weighted by molar-refractivity contribution is 0.592. The quantitative estimate of drug-likeness (QED) is 0.133. The molecule has 12 rings (SSSR count). The van der Waals surface area contributed by atoms with Crippen LogP contribution in [0.2, 0.25) is 0 Å². The summed E-state index contributed by atoms with van der Waals surface area (Å²) in [6, 6.07) is 65.7. The summed E-state index contributed by atoms with van der Waals surface area (Å²) in [5.74, 6) is 0. The molecule has 0 aliphatic heterocycles. The number of fused-ring (bicyclic) bond motifs is 13. The van der Waals surface area contributed by atoms with Crippen molar-refractivity contribution in [1.29, 1.82) is 0 Å². The fourth-order valence-corrected chi connectivity index (χ4v) is 11.7. The maximum absolute atomic E-state index is 15.9. The first-order valence-electron chi connectivity index (χ1n) is 19.2. The van der Waals surface area contributed by atoms with Crippen LogP contribution >= 0.6 is 7.14 Å². The fourth-order valence-electron chi connectivity index (χ4n) is 8.98. The van der Waals surface area contributed by atoms with Crippen molar-refractivity contribution < 1.29 is 4.57 Å². The third kappa shape index (κ3) is 4.84. The third-order valence-electron chi connectivity index (χ3n) is 11.8.